The molecule has 0 aliphatic carbocycles. The number of furan rings is 1. The Balaban J connectivity index is 1.72. The van der Waals surface area contributed by atoms with Gasteiger partial charge in [0, 0.05) is 43.8 Å². The van der Waals surface area contributed by atoms with E-state index in [2.05, 4.69) is 5.32 Å². The lowest BCUT2D eigenvalue weighted by atomic mass is 9.96. The molecule has 1 N–H and O–H groups in total. The van der Waals surface area contributed by atoms with Crippen LogP contribution in [-0.4, -0.2) is 19.3 Å². The lowest BCUT2D eigenvalue weighted by Crippen LogP contribution is -2.08. The van der Waals surface area contributed by atoms with Gasteiger partial charge in [-0.2, -0.15) is 0 Å². The lowest BCUT2D eigenvalue weighted by Gasteiger charge is -2.13. The second kappa shape index (κ2) is 9.77. The van der Waals surface area contributed by atoms with Crippen LogP contribution in [0.3, 0.4) is 0 Å². The highest BCUT2D eigenvalue weighted by Gasteiger charge is 2.19. The van der Waals surface area contributed by atoms with Crippen molar-refractivity contribution >= 4 is 51.5 Å². The van der Waals surface area contributed by atoms with Gasteiger partial charge in [-0.25, -0.2) is 0 Å². The number of anilines is 1. The maximum absolute atomic E-state index is 12.7. The number of aryl methyl sites for hydroxylation is 1. The first-order chi connectivity index (χ1) is 15.9. The summed E-state index contributed by atoms with van der Waals surface area (Å²) in [7, 11) is 1.63. The predicted molar refractivity (Wildman–Crippen MR) is 138 cm³/mol. The minimum absolute atomic E-state index is 0.200. The zero-order valence-electron chi connectivity index (χ0n) is 18.9. The first-order valence-electron chi connectivity index (χ1n) is 10.4. The van der Waals surface area contributed by atoms with Crippen LogP contribution in [0.4, 0.5) is 5.69 Å². The Bertz CT molecular complexity index is 1340. The number of thioether (sulfide) groups is 1. The Morgan fingerprint density at radius 1 is 1.12 bits per heavy atom. The Kier molecular flexibility index (Phi) is 6.82. The number of hydrogen-bond acceptors (Lipinski definition) is 4. The number of ether oxygens (including phenoxy) is 1. The van der Waals surface area contributed by atoms with Crippen molar-refractivity contribution in [3.05, 3.63) is 83.1 Å². The van der Waals surface area contributed by atoms with Crippen LogP contribution in [0.5, 0.6) is 5.75 Å². The molecular formula is C27H24ClNO3S. The van der Waals surface area contributed by atoms with E-state index in [4.69, 9.17) is 20.8 Å². The third-order valence-electron chi connectivity index (χ3n) is 5.53. The van der Waals surface area contributed by atoms with Crippen molar-refractivity contribution in [3.8, 4) is 16.9 Å². The minimum atomic E-state index is -0.200. The molecule has 1 aromatic heterocycles. The number of halogens is 1. The maximum Gasteiger partial charge on any atom is 0.248 e. The smallest absolute Gasteiger partial charge is 0.248 e. The average molecular weight is 478 g/mol. The van der Waals surface area contributed by atoms with Crippen LogP contribution in [0, 0.1) is 6.92 Å². The summed E-state index contributed by atoms with van der Waals surface area (Å²) in [5.74, 6) is 0.486. The van der Waals surface area contributed by atoms with Gasteiger partial charge in [0.2, 0.25) is 5.91 Å². The number of rotatable bonds is 6. The van der Waals surface area contributed by atoms with Crippen molar-refractivity contribution < 1.29 is 13.9 Å². The molecule has 1 amide bonds. The highest BCUT2D eigenvalue weighted by molar-refractivity contribution is 7.98. The number of benzene rings is 3. The number of methoxy groups -OCH3 is 1. The molecule has 6 heteroatoms. The Morgan fingerprint density at radius 3 is 2.45 bits per heavy atom. The van der Waals surface area contributed by atoms with Crippen LogP contribution >= 0.6 is 23.4 Å². The molecule has 33 heavy (non-hydrogen) atoms. The van der Waals surface area contributed by atoms with E-state index in [9.17, 15) is 4.79 Å². The fourth-order valence-corrected chi connectivity index (χ4v) is 4.39. The molecule has 4 nitrogen and oxygen atoms in total. The second-order valence-electron chi connectivity index (χ2n) is 7.66. The number of fused-ring (bicyclic) bond motifs is 1. The fourth-order valence-electron chi connectivity index (χ4n) is 3.85. The zero-order valence-corrected chi connectivity index (χ0v) is 20.4. The summed E-state index contributed by atoms with van der Waals surface area (Å²) in [5, 5.41) is 4.55. The molecule has 4 aromatic rings. The van der Waals surface area contributed by atoms with Crippen molar-refractivity contribution in [2.75, 3.05) is 18.7 Å². The molecule has 0 aliphatic heterocycles. The van der Waals surface area contributed by atoms with E-state index < -0.39 is 0 Å². The van der Waals surface area contributed by atoms with Gasteiger partial charge >= 0.3 is 0 Å². The zero-order chi connectivity index (χ0) is 23.5. The Hall–Kier alpha value is -3.15. The standard InChI is InChI=1S/C27H24ClNO3S/c1-16(13-25(30)29-20-9-11-21(33-4)12-10-20)22-14-23-24(18-5-7-19(28)8-6-18)15-32-27(23)17(2)26(22)31-3/h5-15H,1-4H3,(H,29,30)/b16-13+. The molecule has 168 valence electrons. The summed E-state index contributed by atoms with van der Waals surface area (Å²) >= 11 is 7.72. The van der Waals surface area contributed by atoms with Gasteiger partial charge in [-0.05, 0) is 73.7 Å². The van der Waals surface area contributed by atoms with Gasteiger partial charge in [0.05, 0.1) is 13.4 Å². The molecule has 0 atom stereocenters. The van der Waals surface area contributed by atoms with Gasteiger partial charge in [-0.15, -0.1) is 11.8 Å². The molecule has 0 aliphatic rings. The number of carbonyl (C=O) groups is 1. The monoisotopic (exact) mass is 477 g/mol. The Labute approximate surface area is 202 Å². The molecule has 0 fully saturated rings. The minimum Gasteiger partial charge on any atom is -0.496 e. The summed E-state index contributed by atoms with van der Waals surface area (Å²) in [5.41, 5.74) is 5.98. The largest absolute Gasteiger partial charge is 0.496 e. The normalized spacial score (nSPS) is 11.6. The SMILES string of the molecule is COc1c(/C(C)=C/C(=O)Nc2ccc(SC)cc2)cc2c(-c3ccc(Cl)cc3)coc2c1C. The van der Waals surface area contributed by atoms with Crippen LogP contribution in [0.2, 0.25) is 5.02 Å². The van der Waals surface area contributed by atoms with E-state index in [1.165, 1.54) is 0 Å². The summed E-state index contributed by atoms with van der Waals surface area (Å²) in [4.78, 5) is 13.8. The first-order valence-corrected chi connectivity index (χ1v) is 12.0. The first kappa shape index (κ1) is 23.0. The van der Waals surface area contributed by atoms with Crippen LogP contribution in [0.25, 0.3) is 27.7 Å². The molecular weight excluding hydrogens is 454 g/mol. The summed E-state index contributed by atoms with van der Waals surface area (Å²) < 4.78 is 11.6. The Morgan fingerprint density at radius 2 is 1.82 bits per heavy atom. The van der Waals surface area contributed by atoms with Gasteiger partial charge in [-0.3, -0.25) is 4.79 Å². The molecule has 0 radical (unpaired) electrons. The molecule has 0 bridgehead atoms. The number of allylic oxidation sites excluding steroid dienone is 1. The van der Waals surface area contributed by atoms with Gasteiger partial charge in [0.25, 0.3) is 0 Å². The molecule has 3 aromatic carbocycles. The van der Waals surface area contributed by atoms with E-state index >= 15 is 0 Å². The number of hydrogen-bond donors (Lipinski definition) is 1. The van der Waals surface area contributed by atoms with Crippen LogP contribution in [-0.2, 0) is 4.79 Å². The van der Waals surface area contributed by atoms with Crippen molar-refractivity contribution in [2.24, 2.45) is 0 Å². The van der Waals surface area contributed by atoms with Crippen LogP contribution in [0.1, 0.15) is 18.1 Å². The van der Waals surface area contributed by atoms with Crippen molar-refractivity contribution in [3.63, 3.8) is 0 Å². The lowest BCUT2D eigenvalue weighted by molar-refractivity contribution is -0.111. The van der Waals surface area contributed by atoms with E-state index in [1.807, 2.05) is 74.7 Å². The molecule has 4 rings (SSSR count). The molecule has 0 saturated carbocycles. The van der Waals surface area contributed by atoms with Gasteiger partial charge < -0.3 is 14.5 Å². The number of nitrogens with one attached hydrogen (secondary N) is 1. The quantitative estimate of drug-likeness (QED) is 0.227. The molecule has 0 spiro atoms. The van der Waals surface area contributed by atoms with Crippen molar-refractivity contribution in [2.45, 2.75) is 18.7 Å². The average Bonchev–Trinajstić information content (AvgIpc) is 3.24. The van der Waals surface area contributed by atoms with Crippen LogP contribution < -0.4 is 10.1 Å². The van der Waals surface area contributed by atoms with Crippen LogP contribution in [0.15, 0.2) is 76.2 Å². The van der Waals surface area contributed by atoms with Gasteiger partial charge in [0.15, 0.2) is 0 Å². The summed E-state index contributed by atoms with van der Waals surface area (Å²) in [6.07, 6.45) is 5.35. The third-order valence-corrected chi connectivity index (χ3v) is 6.53. The summed E-state index contributed by atoms with van der Waals surface area (Å²) in [6, 6.07) is 17.4. The van der Waals surface area contributed by atoms with Gasteiger partial charge in [-0.1, -0.05) is 23.7 Å². The van der Waals surface area contributed by atoms with E-state index in [0.717, 1.165) is 49.4 Å². The highest BCUT2D eigenvalue weighted by atomic mass is 35.5. The maximum atomic E-state index is 12.7. The summed E-state index contributed by atoms with van der Waals surface area (Å²) in [6.45, 7) is 3.86. The fraction of sp³-hybridized carbons (Fsp3) is 0.148. The molecule has 0 saturated heterocycles. The number of carbonyl (C=O) groups excluding carboxylic acids is 1. The van der Waals surface area contributed by atoms with Crippen molar-refractivity contribution in [1.82, 2.24) is 0 Å². The molecule has 0 unspecified atom stereocenters. The van der Waals surface area contributed by atoms with E-state index in [1.54, 1.807) is 31.2 Å². The molecule has 1 heterocycles. The van der Waals surface area contributed by atoms with Crippen molar-refractivity contribution in [1.29, 1.82) is 0 Å². The third kappa shape index (κ3) is 4.80. The highest BCUT2D eigenvalue weighted by Crippen LogP contribution is 2.40. The topological polar surface area (TPSA) is 51.5 Å². The second-order valence-corrected chi connectivity index (χ2v) is 8.98. The number of amides is 1. The van der Waals surface area contributed by atoms with E-state index in [0.29, 0.717) is 10.8 Å². The predicted octanol–water partition coefficient (Wildman–Crippen LogP) is 7.83. The van der Waals surface area contributed by atoms with E-state index in [-0.39, 0.29) is 5.91 Å². The van der Waals surface area contributed by atoms with Gasteiger partial charge in [0.1, 0.15) is 11.3 Å².